The molecule has 10 heteroatoms. The fourth-order valence-electron chi connectivity index (χ4n) is 3.60. The number of urea groups is 1. The monoisotopic (exact) mass is 418 g/mol. The van der Waals surface area contributed by atoms with Gasteiger partial charge in [0.25, 0.3) is 11.8 Å². The van der Waals surface area contributed by atoms with Gasteiger partial charge in [0.15, 0.2) is 6.10 Å². The first kappa shape index (κ1) is 20.8. The molecule has 1 atom stereocenters. The van der Waals surface area contributed by atoms with Gasteiger partial charge in [0.1, 0.15) is 16.6 Å². The summed E-state index contributed by atoms with van der Waals surface area (Å²) >= 11 is 1.20. The number of thiophene rings is 1. The molecule has 1 aliphatic carbocycles. The Labute approximate surface area is 172 Å². The molecule has 0 bridgehead atoms. The third kappa shape index (κ3) is 4.40. The standard InChI is InChI=1S/C19H22N4O5S/c1-12(15(25)21-16-13(11-20)6-10-29-16)28-14(24)5-4-9-23-17(26)19(22-18(23)27)7-2-3-8-19/h6,10,12H,2-5,7-9H2,1H3,(H,21,25)(H,22,27)/t12-/m1/s1. The summed E-state index contributed by atoms with van der Waals surface area (Å²) in [5.74, 6) is -1.35. The summed E-state index contributed by atoms with van der Waals surface area (Å²) in [6, 6.07) is 3.13. The van der Waals surface area contributed by atoms with Crippen LogP contribution in [0.2, 0.25) is 0 Å². The molecule has 2 N–H and O–H groups in total. The molecule has 2 fully saturated rings. The zero-order valence-electron chi connectivity index (χ0n) is 16.0. The van der Waals surface area contributed by atoms with Crippen molar-refractivity contribution in [3.05, 3.63) is 17.0 Å². The van der Waals surface area contributed by atoms with Crippen molar-refractivity contribution < 1.29 is 23.9 Å². The maximum Gasteiger partial charge on any atom is 0.325 e. The molecule has 29 heavy (non-hydrogen) atoms. The highest BCUT2D eigenvalue weighted by Gasteiger charge is 2.52. The van der Waals surface area contributed by atoms with Crippen LogP contribution in [0.3, 0.4) is 0 Å². The topological polar surface area (TPSA) is 129 Å². The molecule has 0 aromatic carbocycles. The van der Waals surface area contributed by atoms with E-state index in [0.717, 1.165) is 17.7 Å². The van der Waals surface area contributed by atoms with Gasteiger partial charge < -0.3 is 15.4 Å². The van der Waals surface area contributed by atoms with E-state index in [-0.39, 0.29) is 25.3 Å². The van der Waals surface area contributed by atoms with Crippen LogP contribution in [-0.4, -0.2) is 46.9 Å². The Morgan fingerprint density at radius 2 is 2.14 bits per heavy atom. The predicted octanol–water partition coefficient (Wildman–Crippen LogP) is 2.13. The maximum atomic E-state index is 12.5. The van der Waals surface area contributed by atoms with E-state index >= 15 is 0 Å². The van der Waals surface area contributed by atoms with Crippen LogP contribution in [0.15, 0.2) is 11.4 Å². The summed E-state index contributed by atoms with van der Waals surface area (Å²) in [5.41, 5.74) is -0.413. The lowest BCUT2D eigenvalue weighted by Crippen LogP contribution is -2.44. The highest BCUT2D eigenvalue weighted by Crippen LogP contribution is 2.35. The molecule has 1 saturated heterocycles. The molecule has 0 unspecified atom stereocenters. The lowest BCUT2D eigenvalue weighted by atomic mass is 9.98. The van der Waals surface area contributed by atoms with E-state index in [0.29, 0.717) is 23.4 Å². The second-order valence-corrected chi connectivity index (χ2v) is 8.09. The number of esters is 1. The lowest BCUT2D eigenvalue weighted by Gasteiger charge is -2.20. The number of nitriles is 1. The third-order valence-electron chi connectivity index (χ3n) is 5.17. The van der Waals surface area contributed by atoms with Crippen LogP contribution in [0, 0.1) is 11.3 Å². The quantitative estimate of drug-likeness (QED) is 0.516. The number of ether oxygens (including phenoxy) is 1. The molecule has 1 saturated carbocycles. The van der Waals surface area contributed by atoms with E-state index in [9.17, 15) is 19.2 Å². The average Bonchev–Trinajstić information content (AvgIpc) is 3.38. The summed E-state index contributed by atoms with van der Waals surface area (Å²) in [4.78, 5) is 49.9. The van der Waals surface area contributed by atoms with Crippen molar-refractivity contribution in [2.75, 3.05) is 11.9 Å². The summed E-state index contributed by atoms with van der Waals surface area (Å²) in [5, 5.41) is 16.4. The Kier molecular flexibility index (Phi) is 6.17. The van der Waals surface area contributed by atoms with Crippen LogP contribution in [0.4, 0.5) is 9.80 Å². The van der Waals surface area contributed by atoms with Gasteiger partial charge in [0.05, 0.1) is 5.56 Å². The lowest BCUT2D eigenvalue weighted by molar-refractivity contribution is -0.153. The predicted molar refractivity (Wildman–Crippen MR) is 104 cm³/mol. The first-order valence-electron chi connectivity index (χ1n) is 9.48. The highest BCUT2D eigenvalue weighted by molar-refractivity contribution is 7.14. The largest absolute Gasteiger partial charge is 0.453 e. The molecule has 3 rings (SSSR count). The molecule has 1 aliphatic heterocycles. The smallest absolute Gasteiger partial charge is 0.325 e. The molecule has 0 radical (unpaired) electrons. The van der Waals surface area contributed by atoms with Gasteiger partial charge in [-0.25, -0.2) is 4.79 Å². The Balaban J connectivity index is 1.43. The van der Waals surface area contributed by atoms with Gasteiger partial charge in [-0.15, -0.1) is 11.3 Å². The number of imide groups is 1. The van der Waals surface area contributed by atoms with Crippen LogP contribution in [0.5, 0.6) is 0 Å². The summed E-state index contributed by atoms with van der Waals surface area (Å²) in [7, 11) is 0. The van der Waals surface area contributed by atoms with Crippen LogP contribution in [-0.2, 0) is 19.1 Å². The van der Waals surface area contributed by atoms with Crippen molar-refractivity contribution in [1.29, 1.82) is 5.26 Å². The average molecular weight is 418 g/mol. The zero-order valence-corrected chi connectivity index (χ0v) is 16.8. The van der Waals surface area contributed by atoms with E-state index in [1.165, 1.54) is 18.3 Å². The number of carbonyl (C=O) groups is 4. The van der Waals surface area contributed by atoms with E-state index < -0.39 is 29.6 Å². The molecule has 1 spiro atoms. The normalized spacial score (nSPS) is 18.4. The molecular formula is C19H22N4O5S. The van der Waals surface area contributed by atoms with Gasteiger partial charge in [-0.05, 0) is 37.6 Å². The fourth-order valence-corrected chi connectivity index (χ4v) is 4.34. The molecule has 1 aromatic rings. The van der Waals surface area contributed by atoms with Gasteiger partial charge in [0, 0.05) is 13.0 Å². The Morgan fingerprint density at radius 1 is 1.41 bits per heavy atom. The Bertz CT molecular complexity index is 868. The minimum atomic E-state index is -1.03. The van der Waals surface area contributed by atoms with Crippen LogP contribution < -0.4 is 10.6 Å². The number of anilines is 1. The van der Waals surface area contributed by atoms with Crippen molar-refractivity contribution in [3.63, 3.8) is 0 Å². The van der Waals surface area contributed by atoms with E-state index in [2.05, 4.69) is 10.6 Å². The van der Waals surface area contributed by atoms with Crippen LogP contribution >= 0.6 is 11.3 Å². The van der Waals surface area contributed by atoms with E-state index in [1.54, 1.807) is 11.4 Å². The highest BCUT2D eigenvalue weighted by atomic mass is 32.1. The van der Waals surface area contributed by atoms with Crippen molar-refractivity contribution in [2.24, 2.45) is 0 Å². The number of nitrogens with one attached hydrogen (secondary N) is 2. The van der Waals surface area contributed by atoms with Gasteiger partial charge in [-0.1, -0.05) is 12.8 Å². The second-order valence-electron chi connectivity index (χ2n) is 7.18. The summed E-state index contributed by atoms with van der Waals surface area (Å²) < 4.78 is 5.11. The van der Waals surface area contributed by atoms with Gasteiger partial charge in [0.2, 0.25) is 0 Å². The first-order chi connectivity index (χ1) is 13.9. The van der Waals surface area contributed by atoms with E-state index in [1.807, 2.05) is 6.07 Å². The minimum absolute atomic E-state index is 0.0237. The summed E-state index contributed by atoms with van der Waals surface area (Å²) in [6.07, 6.45) is 2.33. The molecule has 154 valence electrons. The van der Waals surface area contributed by atoms with Gasteiger partial charge in [-0.3, -0.25) is 19.3 Å². The molecule has 4 amide bonds. The molecule has 2 heterocycles. The molecule has 1 aromatic heterocycles. The van der Waals surface area contributed by atoms with Gasteiger partial charge >= 0.3 is 12.0 Å². The van der Waals surface area contributed by atoms with Crippen molar-refractivity contribution >= 4 is 40.2 Å². The first-order valence-corrected chi connectivity index (χ1v) is 10.4. The number of nitrogens with zero attached hydrogens (tertiary/aromatic N) is 2. The third-order valence-corrected chi connectivity index (χ3v) is 6.00. The Morgan fingerprint density at radius 3 is 2.83 bits per heavy atom. The number of hydrogen-bond acceptors (Lipinski definition) is 7. The molecule has 2 aliphatic rings. The number of amides is 4. The SMILES string of the molecule is C[C@@H](OC(=O)CCCN1C(=O)NC2(CCCC2)C1=O)C(=O)Nc1sccc1C#N. The van der Waals surface area contributed by atoms with Gasteiger partial charge in [-0.2, -0.15) is 5.26 Å². The number of carbonyl (C=O) groups excluding carboxylic acids is 4. The summed E-state index contributed by atoms with van der Waals surface area (Å²) in [6.45, 7) is 1.57. The van der Waals surface area contributed by atoms with Crippen LogP contribution in [0.25, 0.3) is 0 Å². The molecule has 9 nitrogen and oxygen atoms in total. The van der Waals surface area contributed by atoms with Crippen molar-refractivity contribution in [2.45, 2.75) is 57.1 Å². The number of hydrogen-bond donors (Lipinski definition) is 2. The van der Waals surface area contributed by atoms with Crippen molar-refractivity contribution in [3.8, 4) is 6.07 Å². The van der Waals surface area contributed by atoms with Crippen molar-refractivity contribution in [1.82, 2.24) is 10.2 Å². The fraction of sp³-hybridized carbons (Fsp3) is 0.526. The minimum Gasteiger partial charge on any atom is -0.453 e. The molecular weight excluding hydrogens is 396 g/mol. The Hall–Kier alpha value is -2.93. The van der Waals surface area contributed by atoms with E-state index in [4.69, 9.17) is 10.00 Å². The maximum absolute atomic E-state index is 12.5. The zero-order chi connectivity index (χ0) is 21.0. The second kappa shape index (κ2) is 8.61. The number of rotatable bonds is 7. The van der Waals surface area contributed by atoms with Crippen LogP contribution in [0.1, 0.15) is 51.0 Å².